The Morgan fingerprint density at radius 1 is 0.714 bits per heavy atom. The molecule has 0 aliphatic carbocycles. The summed E-state index contributed by atoms with van der Waals surface area (Å²) in [7, 11) is 7.74. The van der Waals surface area contributed by atoms with Crippen LogP contribution in [-0.2, 0) is 28.2 Å². The van der Waals surface area contributed by atoms with E-state index >= 15 is 0 Å². The fourth-order valence-corrected chi connectivity index (χ4v) is 2.68. The fourth-order valence-electron chi connectivity index (χ4n) is 2.68. The molecule has 5 aromatic heterocycles. The van der Waals surface area contributed by atoms with Crippen molar-refractivity contribution in [2.75, 3.05) is 0 Å². The number of nitrogens with zero attached hydrogens (tertiary/aromatic N) is 9. The molecule has 5 rings (SSSR count). The molecule has 0 unspecified atom stereocenters. The number of imidazole rings is 1. The van der Waals surface area contributed by atoms with Crippen molar-refractivity contribution in [3.8, 4) is 0 Å². The number of aromatic nitrogens is 9. The smallest absolute Gasteiger partial charge is 0.133 e. The second-order valence-corrected chi connectivity index (χ2v) is 8.34. The average molecular weight is 482 g/mol. The molecule has 0 saturated carbocycles. The lowest BCUT2D eigenvalue weighted by molar-refractivity contribution is 0.393. The highest BCUT2D eigenvalue weighted by atomic mass is 16.5. The van der Waals surface area contributed by atoms with Crippen molar-refractivity contribution >= 4 is 0 Å². The van der Waals surface area contributed by atoms with Crippen LogP contribution in [0.3, 0.4) is 0 Å². The zero-order valence-corrected chi connectivity index (χ0v) is 22.6. The highest BCUT2D eigenvalue weighted by Gasteiger charge is 1.88. The van der Waals surface area contributed by atoms with Crippen LogP contribution < -0.4 is 0 Å². The van der Waals surface area contributed by atoms with Crippen LogP contribution >= 0.6 is 0 Å². The van der Waals surface area contributed by atoms with Gasteiger partial charge in [-0.25, -0.2) is 4.98 Å². The van der Waals surface area contributed by atoms with Gasteiger partial charge in [0.15, 0.2) is 0 Å². The molecular formula is C25H39N9O. The van der Waals surface area contributed by atoms with Gasteiger partial charge in [-0.05, 0) is 58.7 Å². The van der Waals surface area contributed by atoms with Gasteiger partial charge in [0.1, 0.15) is 5.76 Å². The molecule has 0 saturated heterocycles. The highest BCUT2D eigenvalue weighted by molar-refractivity contribution is 5.06. The normalized spacial score (nSPS) is 9.43. The molecular weight excluding hydrogens is 442 g/mol. The van der Waals surface area contributed by atoms with Gasteiger partial charge in [0, 0.05) is 65.2 Å². The molecule has 0 N–H and O–H groups in total. The second kappa shape index (κ2) is 15.0. The molecule has 0 aliphatic rings. The average Bonchev–Trinajstić information content (AvgIpc) is 3.59. The lowest BCUT2D eigenvalue weighted by Gasteiger charge is -1.80. The van der Waals surface area contributed by atoms with Crippen molar-refractivity contribution in [2.45, 2.75) is 41.5 Å². The Kier molecular flexibility index (Phi) is 12.5. The third kappa shape index (κ3) is 14.0. The van der Waals surface area contributed by atoms with Crippen LogP contribution in [0.25, 0.3) is 0 Å². The first-order valence-corrected chi connectivity index (χ1v) is 11.2. The molecule has 0 aliphatic heterocycles. The first-order chi connectivity index (χ1) is 16.4. The molecule has 5 heterocycles. The quantitative estimate of drug-likeness (QED) is 0.329. The van der Waals surface area contributed by atoms with Crippen LogP contribution in [0.15, 0.2) is 60.2 Å². The minimum atomic E-state index is 0.873. The van der Waals surface area contributed by atoms with E-state index in [9.17, 15) is 0 Å². The first-order valence-electron chi connectivity index (χ1n) is 11.2. The monoisotopic (exact) mass is 481 g/mol. The van der Waals surface area contributed by atoms with E-state index in [4.69, 9.17) is 4.52 Å². The molecule has 35 heavy (non-hydrogen) atoms. The Bertz CT molecular complexity index is 919. The van der Waals surface area contributed by atoms with Gasteiger partial charge in [-0.15, -0.1) is 5.10 Å². The van der Waals surface area contributed by atoms with E-state index in [1.54, 1.807) is 15.7 Å². The molecule has 190 valence electrons. The number of aryl methyl sites for hydroxylation is 10. The zero-order valence-electron chi connectivity index (χ0n) is 22.6. The van der Waals surface area contributed by atoms with Gasteiger partial charge >= 0.3 is 0 Å². The van der Waals surface area contributed by atoms with E-state index < -0.39 is 0 Å². The summed E-state index contributed by atoms with van der Waals surface area (Å²) >= 11 is 0. The third-order valence-electron chi connectivity index (χ3n) is 4.11. The maximum absolute atomic E-state index is 4.71. The largest absolute Gasteiger partial charge is 0.361 e. The summed E-state index contributed by atoms with van der Waals surface area (Å²) in [5.41, 5.74) is 5.51. The highest BCUT2D eigenvalue weighted by Crippen LogP contribution is 1.97. The number of hydrogen-bond acceptors (Lipinski definition) is 6. The van der Waals surface area contributed by atoms with Crippen LogP contribution in [0.2, 0.25) is 0 Å². The van der Waals surface area contributed by atoms with E-state index in [0.29, 0.717) is 0 Å². The molecule has 10 heteroatoms. The van der Waals surface area contributed by atoms with Crippen molar-refractivity contribution in [3.05, 3.63) is 89.6 Å². The van der Waals surface area contributed by atoms with E-state index in [0.717, 1.165) is 22.8 Å². The van der Waals surface area contributed by atoms with Crippen LogP contribution in [-0.4, -0.2) is 44.0 Å². The Morgan fingerprint density at radius 3 is 1.57 bits per heavy atom. The molecule has 0 amide bonds. The van der Waals surface area contributed by atoms with E-state index in [2.05, 4.69) is 44.7 Å². The topological polar surface area (TPSA) is 97.3 Å². The van der Waals surface area contributed by atoms with Crippen LogP contribution in [0.4, 0.5) is 0 Å². The minimum absolute atomic E-state index is 0.873. The third-order valence-corrected chi connectivity index (χ3v) is 4.11. The second-order valence-electron chi connectivity index (χ2n) is 8.34. The Labute approximate surface area is 208 Å². The number of rotatable bonds is 0. The molecule has 10 nitrogen and oxygen atoms in total. The Morgan fingerprint density at radius 2 is 1.43 bits per heavy atom. The lowest BCUT2D eigenvalue weighted by Crippen LogP contribution is -1.85. The standard InChI is InChI=1S/C6H9N.2C5H8N2.C5H7NO.C4H7N3/c1-6-3-4-7(2)5-6;1-5-3-7(2)4-6-5;1-5-3-6-7(2)4-5;1-4-3-5(2)7-6-4;1-4-3-7(2)6-5-4/h3-5H,1-2H3;2*3-4H,1-2H3;2*3H,1-2H3. The molecule has 0 radical (unpaired) electrons. The van der Waals surface area contributed by atoms with Gasteiger partial charge in [0.05, 0.1) is 29.6 Å². The summed E-state index contributed by atoms with van der Waals surface area (Å²) in [5.74, 6) is 0.873. The minimum Gasteiger partial charge on any atom is -0.361 e. The van der Waals surface area contributed by atoms with Crippen LogP contribution in [0, 0.1) is 41.5 Å². The van der Waals surface area contributed by atoms with E-state index in [1.165, 1.54) is 11.1 Å². The summed E-state index contributed by atoms with van der Waals surface area (Å²) in [5, 5.41) is 15.0. The van der Waals surface area contributed by atoms with Gasteiger partial charge in [0.25, 0.3) is 0 Å². The van der Waals surface area contributed by atoms with Crippen LogP contribution in [0.1, 0.15) is 34.0 Å². The zero-order chi connectivity index (χ0) is 26.4. The van der Waals surface area contributed by atoms with E-state index in [1.807, 2.05) is 109 Å². The Balaban J connectivity index is 0.000000219. The van der Waals surface area contributed by atoms with Gasteiger partial charge in [-0.1, -0.05) is 10.4 Å². The van der Waals surface area contributed by atoms with E-state index in [-0.39, 0.29) is 0 Å². The summed E-state index contributed by atoms with van der Waals surface area (Å²) < 4.78 is 12.1. The maximum Gasteiger partial charge on any atom is 0.133 e. The van der Waals surface area contributed by atoms with Gasteiger partial charge in [0.2, 0.25) is 0 Å². The molecule has 0 aromatic carbocycles. The molecule has 0 spiro atoms. The summed E-state index contributed by atoms with van der Waals surface area (Å²) in [4.78, 5) is 3.98. The van der Waals surface area contributed by atoms with Gasteiger partial charge in [-0.3, -0.25) is 9.36 Å². The first kappa shape index (κ1) is 29.1. The van der Waals surface area contributed by atoms with Crippen molar-refractivity contribution in [2.24, 2.45) is 28.2 Å². The van der Waals surface area contributed by atoms with Crippen molar-refractivity contribution in [1.82, 2.24) is 44.0 Å². The molecule has 0 atom stereocenters. The molecule has 0 fully saturated rings. The number of hydrogen-bond donors (Lipinski definition) is 0. The van der Waals surface area contributed by atoms with Gasteiger partial charge in [-0.2, -0.15) is 5.10 Å². The van der Waals surface area contributed by atoms with Crippen molar-refractivity contribution < 1.29 is 4.52 Å². The SMILES string of the molecule is Cc1cc(C)on1.Cc1ccn(C)c1.Cc1cn(C)cn1.Cc1cn(C)nn1.Cc1cnn(C)c1. The predicted molar refractivity (Wildman–Crippen MR) is 138 cm³/mol. The Hall–Kier alpha value is -3.95. The maximum atomic E-state index is 4.71. The van der Waals surface area contributed by atoms with Crippen molar-refractivity contribution in [3.63, 3.8) is 0 Å². The molecule has 0 bridgehead atoms. The van der Waals surface area contributed by atoms with Crippen molar-refractivity contribution in [1.29, 1.82) is 0 Å². The fraction of sp³-hybridized carbons (Fsp3) is 0.400. The lowest BCUT2D eigenvalue weighted by atomic mass is 10.4. The molecule has 5 aromatic rings. The van der Waals surface area contributed by atoms with Crippen LogP contribution in [0.5, 0.6) is 0 Å². The summed E-state index contributed by atoms with van der Waals surface area (Å²) in [6, 6.07) is 3.97. The summed E-state index contributed by atoms with van der Waals surface area (Å²) in [6.45, 7) is 11.8. The summed E-state index contributed by atoms with van der Waals surface area (Å²) in [6.07, 6.45) is 13.5. The van der Waals surface area contributed by atoms with Gasteiger partial charge < -0.3 is 13.7 Å². The predicted octanol–water partition coefficient (Wildman–Crippen LogP) is 4.21.